The molecule has 0 saturated heterocycles. The molecule has 0 amide bonds. The van der Waals surface area contributed by atoms with Crippen LogP contribution in [0.15, 0.2) is 23.2 Å². The lowest BCUT2D eigenvalue weighted by Gasteiger charge is -2.30. The number of allylic oxidation sites excluding steroid dienone is 4. The highest BCUT2D eigenvalue weighted by Crippen LogP contribution is 2.21. The van der Waals surface area contributed by atoms with E-state index in [4.69, 9.17) is 4.65 Å². The first-order valence-electron chi connectivity index (χ1n) is 6.10. The van der Waals surface area contributed by atoms with Gasteiger partial charge in [0, 0.05) is 12.0 Å². The molecule has 0 aliphatic rings. The second-order valence-electron chi connectivity index (χ2n) is 5.25. The Balaban J connectivity index is 4.50. The summed E-state index contributed by atoms with van der Waals surface area (Å²) in [5.41, 5.74) is 2.02. The Bertz CT molecular complexity index is 297. The fourth-order valence-electron chi connectivity index (χ4n) is 0.926. The fourth-order valence-corrected chi connectivity index (χ4v) is 0.926. The van der Waals surface area contributed by atoms with E-state index >= 15 is 0 Å². The maximum atomic E-state index is 10.3. The molecule has 2 nitrogen and oxygen atoms in total. The van der Waals surface area contributed by atoms with Crippen LogP contribution in [-0.2, 0) is 9.45 Å². The van der Waals surface area contributed by atoms with Crippen LogP contribution in [0.25, 0.3) is 0 Å². The molecule has 0 heterocycles. The van der Waals surface area contributed by atoms with Crippen molar-refractivity contribution in [3.05, 3.63) is 23.2 Å². The van der Waals surface area contributed by atoms with E-state index in [9.17, 15) is 4.79 Å². The first-order valence-corrected chi connectivity index (χ1v) is 6.10. The van der Waals surface area contributed by atoms with Gasteiger partial charge in [-0.15, -0.1) is 0 Å². The summed E-state index contributed by atoms with van der Waals surface area (Å²) in [5.74, 6) is 0.441. The van der Waals surface area contributed by atoms with E-state index in [1.807, 2.05) is 26.0 Å². The first kappa shape index (κ1) is 16.2. The Morgan fingerprint density at radius 2 is 1.94 bits per heavy atom. The molecule has 0 aromatic heterocycles. The van der Waals surface area contributed by atoms with E-state index in [-0.39, 0.29) is 5.60 Å². The van der Waals surface area contributed by atoms with Crippen LogP contribution in [0.3, 0.4) is 0 Å². The van der Waals surface area contributed by atoms with Crippen molar-refractivity contribution in [3.8, 4) is 0 Å². The molecular weight excluding hydrogens is 211 g/mol. The normalized spacial score (nSPS) is 11.9. The molecule has 0 bridgehead atoms. The highest BCUT2D eigenvalue weighted by Gasteiger charge is 2.23. The zero-order valence-electron chi connectivity index (χ0n) is 11.9. The molecule has 1 radical (unpaired) electrons. The predicted octanol–water partition coefficient (Wildman–Crippen LogP) is 3.50. The van der Waals surface area contributed by atoms with Gasteiger partial charge in [0.2, 0.25) is 0 Å². The zero-order chi connectivity index (χ0) is 13.5. The van der Waals surface area contributed by atoms with Crippen molar-refractivity contribution in [1.82, 2.24) is 0 Å². The summed E-state index contributed by atoms with van der Waals surface area (Å²) in [6, 6.07) is 0. The maximum absolute atomic E-state index is 10.3. The van der Waals surface area contributed by atoms with E-state index < -0.39 is 0 Å². The summed E-state index contributed by atoms with van der Waals surface area (Å²) in [6.45, 7) is 12.5. The second-order valence-corrected chi connectivity index (χ2v) is 5.25. The topological polar surface area (TPSA) is 26.3 Å². The van der Waals surface area contributed by atoms with Gasteiger partial charge in [0.25, 0.3) is 0 Å². The SMILES string of the molecule is CC(C)=C([B]OC(C)(C)C(C)C)/C=C\CC=O. The Morgan fingerprint density at radius 3 is 2.35 bits per heavy atom. The van der Waals surface area contributed by atoms with Crippen LogP contribution in [0.2, 0.25) is 0 Å². The van der Waals surface area contributed by atoms with Crippen LogP contribution >= 0.6 is 0 Å². The van der Waals surface area contributed by atoms with Gasteiger partial charge in [0.05, 0.1) is 0 Å². The van der Waals surface area contributed by atoms with Crippen molar-refractivity contribution in [2.45, 2.75) is 53.6 Å². The Morgan fingerprint density at radius 1 is 1.35 bits per heavy atom. The Labute approximate surface area is 106 Å². The molecule has 0 aromatic carbocycles. The van der Waals surface area contributed by atoms with E-state index in [2.05, 4.69) is 27.7 Å². The van der Waals surface area contributed by atoms with Crippen LogP contribution in [0, 0.1) is 5.92 Å². The Hall–Kier alpha value is -0.825. The zero-order valence-corrected chi connectivity index (χ0v) is 11.9. The molecule has 0 aromatic rings. The van der Waals surface area contributed by atoms with Crippen LogP contribution < -0.4 is 0 Å². The molecular formula is C14H24BO2. The summed E-state index contributed by atoms with van der Waals surface area (Å²) in [4.78, 5) is 10.3. The lowest BCUT2D eigenvalue weighted by atomic mass is 9.81. The highest BCUT2D eigenvalue weighted by atomic mass is 16.5. The van der Waals surface area contributed by atoms with Crippen LogP contribution in [0.1, 0.15) is 48.0 Å². The first-order chi connectivity index (χ1) is 7.81. The van der Waals surface area contributed by atoms with Crippen LogP contribution in [-0.4, -0.2) is 19.4 Å². The van der Waals surface area contributed by atoms with Crippen molar-refractivity contribution in [1.29, 1.82) is 0 Å². The molecule has 0 spiro atoms. The number of hydrogen-bond acceptors (Lipinski definition) is 2. The second kappa shape index (κ2) is 7.49. The largest absolute Gasteiger partial charge is 0.429 e. The third-order valence-electron chi connectivity index (χ3n) is 2.99. The number of aldehydes is 1. The van der Waals surface area contributed by atoms with Crippen molar-refractivity contribution in [2.24, 2.45) is 5.92 Å². The average Bonchev–Trinajstić information content (AvgIpc) is 2.22. The smallest absolute Gasteiger partial charge is 0.330 e. The van der Waals surface area contributed by atoms with Gasteiger partial charge in [-0.3, -0.25) is 0 Å². The minimum absolute atomic E-state index is 0.181. The van der Waals surface area contributed by atoms with Gasteiger partial charge in [-0.2, -0.15) is 0 Å². The van der Waals surface area contributed by atoms with E-state index in [0.29, 0.717) is 12.3 Å². The predicted molar refractivity (Wildman–Crippen MR) is 74.0 cm³/mol. The molecule has 0 saturated carbocycles. The number of rotatable bonds is 7. The summed E-state index contributed by atoms with van der Waals surface area (Å²) >= 11 is 0. The number of carbonyl (C=O) groups is 1. The van der Waals surface area contributed by atoms with Gasteiger partial charge in [-0.25, -0.2) is 0 Å². The van der Waals surface area contributed by atoms with Gasteiger partial charge >= 0.3 is 7.48 Å². The lowest BCUT2D eigenvalue weighted by molar-refractivity contribution is -0.107. The molecule has 0 N–H and O–H groups in total. The molecule has 0 atom stereocenters. The molecule has 0 rings (SSSR count). The average molecular weight is 235 g/mol. The van der Waals surface area contributed by atoms with Crippen LogP contribution in [0.4, 0.5) is 0 Å². The van der Waals surface area contributed by atoms with Gasteiger partial charge in [-0.1, -0.05) is 37.0 Å². The third kappa shape index (κ3) is 6.47. The quantitative estimate of drug-likeness (QED) is 0.383. The molecule has 95 valence electrons. The van der Waals surface area contributed by atoms with Crippen molar-refractivity contribution in [2.75, 3.05) is 0 Å². The van der Waals surface area contributed by atoms with Gasteiger partial charge < -0.3 is 9.45 Å². The monoisotopic (exact) mass is 235 g/mol. The van der Waals surface area contributed by atoms with E-state index in [1.54, 1.807) is 7.48 Å². The van der Waals surface area contributed by atoms with Gasteiger partial charge in [0.1, 0.15) is 6.29 Å². The molecule has 17 heavy (non-hydrogen) atoms. The van der Waals surface area contributed by atoms with Crippen molar-refractivity contribution in [3.63, 3.8) is 0 Å². The third-order valence-corrected chi connectivity index (χ3v) is 2.99. The van der Waals surface area contributed by atoms with E-state index in [0.717, 1.165) is 11.8 Å². The Kier molecular flexibility index (Phi) is 7.13. The minimum Gasteiger partial charge on any atom is -0.429 e. The standard InChI is InChI=1S/C14H24BO2/c1-11(2)13(9-7-8-10-16)15-17-14(5,6)12(3)4/h7,9-10,12H,8H2,1-6H3/b9-7-. The maximum Gasteiger partial charge on any atom is 0.330 e. The van der Waals surface area contributed by atoms with E-state index in [1.165, 1.54) is 5.57 Å². The molecule has 0 aliphatic carbocycles. The summed E-state index contributed by atoms with van der Waals surface area (Å²) in [6.07, 6.45) is 5.11. The molecule has 0 unspecified atom stereocenters. The van der Waals surface area contributed by atoms with Gasteiger partial charge in [-0.05, 0) is 33.6 Å². The fraction of sp³-hybridized carbons (Fsp3) is 0.643. The molecule has 3 heteroatoms. The lowest BCUT2D eigenvalue weighted by Crippen LogP contribution is -2.33. The minimum atomic E-state index is -0.181. The van der Waals surface area contributed by atoms with Crippen LogP contribution in [0.5, 0.6) is 0 Å². The van der Waals surface area contributed by atoms with Crippen molar-refractivity contribution < 1.29 is 9.45 Å². The molecule has 0 fully saturated rings. The number of hydrogen-bond donors (Lipinski definition) is 0. The number of carbonyl (C=O) groups excluding carboxylic acids is 1. The summed E-state index contributed by atoms with van der Waals surface area (Å²) in [7, 11) is 1.79. The van der Waals surface area contributed by atoms with Crippen molar-refractivity contribution >= 4 is 13.8 Å². The van der Waals surface area contributed by atoms with Gasteiger partial charge in [0.15, 0.2) is 0 Å². The summed E-state index contributed by atoms with van der Waals surface area (Å²) < 4.78 is 5.82. The highest BCUT2D eigenvalue weighted by molar-refractivity contribution is 6.39. The molecule has 0 aliphatic heterocycles. The summed E-state index contributed by atoms with van der Waals surface area (Å²) in [5, 5.41) is 0.